The minimum Gasteiger partial charge on any atom is -0.480 e. The predicted octanol–water partition coefficient (Wildman–Crippen LogP) is 0.0698. The van der Waals surface area contributed by atoms with E-state index in [1.54, 1.807) is 0 Å². The summed E-state index contributed by atoms with van der Waals surface area (Å²) in [5.41, 5.74) is 0. The van der Waals surface area contributed by atoms with Crippen LogP contribution in [0.1, 0.15) is 26.2 Å². The first-order chi connectivity index (χ1) is 8.85. The van der Waals surface area contributed by atoms with Crippen LogP contribution in [0.4, 0.5) is 4.79 Å². The van der Waals surface area contributed by atoms with Gasteiger partial charge >= 0.3 is 12.0 Å². The van der Waals surface area contributed by atoms with Crippen molar-refractivity contribution in [3.8, 4) is 0 Å². The summed E-state index contributed by atoms with van der Waals surface area (Å²) in [5, 5.41) is 11.4. The average molecular weight is 292 g/mol. The lowest BCUT2D eigenvalue weighted by molar-refractivity contribution is -0.139. The molecule has 1 aliphatic heterocycles. The number of hydrogen-bond acceptors (Lipinski definition) is 4. The second-order valence-electron chi connectivity index (χ2n) is 4.62. The number of nitrogens with one attached hydrogen (secondary N) is 1. The summed E-state index contributed by atoms with van der Waals surface area (Å²) >= 11 is 0. The van der Waals surface area contributed by atoms with Crippen molar-refractivity contribution in [3.05, 3.63) is 0 Å². The van der Waals surface area contributed by atoms with Gasteiger partial charge in [-0.15, -0.1) is 0 Å². The van der Waals surface area contributed by atoms with Crippen LogP contribution in [0.15, 0.2) is 0 Å². The van der Waals surface area contributed by atoms with E-state index in [-0.39, 0.29) is 24.6 Å². The molecule has 1 aliphatic rings. The van der Waals surface area contributed by atoms with Gasteiger partial charge in [0, 0.05) is 13.1 Å². The summed E-state index contributed by atoms with van der Waals surface area (Å²) in [6.45, 7) is 2.18. The first-order valence-corrected chi connectivity index (χ1v) is 8.16. The Hall–Kier alpha value is -1.31. The second kappa shape index (κ2) is 6.74. The monoisotopic (exact) mass is 292 g/mol. The minimum absolute atomic E-state index is 0.0624. The fraction of sp³-hybridized carbons (Fsp3) is 0.818. The number of rotatable bonds is 5. The highest BCUT2D eigenvalue weighted by atomic mass is 32.2. The lowest BCUT2D eigenvalue weighted by atomic mass is 10.1. The fourth-order valence-electron chi connectivity index (χ4n) is 1.82. The number of unbranched alkanes of at least 4 members (excludes halogenated alkanes) is 1. The minimum atomic E-state index is -3.05. The van der Waals surface area contributed by atoms with Gasteiger partial charge in [0.1, 0.15) is 6.04 Å². The molecule has 1 unspecified atom stereocenters. The molecule has 0 aromatic heterocycles. The lowest BCUT2D eigenvalue weighted by Gasteiger charge is -2.28. The zero-order valence-electron chi connectivity index (χ0n) is 11.0. The Bertz CT molecular complexity index is 420. The first kappa shape index (κ1) is 15.7. The molecule has 0 aromatic rings. The summed E-state index contributed by atoms with van der Waals surface area (Å²) in [4.78, 5) is 24.2. The third-order valence-corrected chi connectivity index (χ3v) is 4.68. The Labute approximate surface area is 112 Å². The van der Waals surface area contributed by atoms with Crippen LogP contribution in [0.5, 0.6) is 0 Å². The zero-order valence-corrected chi connectivity index (χ0v) is 11.8. The number of carbonyl (C=O) groups is 2. The molecule has 1 heterocycles. The molecule has 7 nitrogen and oxygen atoms in total. The van der Waals surface area contributed by atoms with Gasteiger partial charge in [0.25, 0.3) is 0 Å². The predicted molar refractivity (Wildman–Crippen MR) is 69.7 cm³/mol. The van der Waals surface area contributed by atoms with E-state index in [9.17, 15) is 18.0 Å². The molecular formula is C11H20N2O5S. The number of aliphatic carboxylic acids is 1. The van der Waals surface area contributed by atoms with Crippen molar-refractivity contribution >= 4 is 21.8 Å². The van der Waals surface area contributed by atoms with Crippen LogP contribution in [-0.4, -0.2) is 61.1 Å². The van der Waals surface area contributed by atoms with Gasteiger partial charge < -0.3 is 15.3 Å². The van der Waals surface area contributed by atoms with Gasteiger partial charge in [-0.05, 0) is 6.42 Å². The smallest absolute Gasteiger partial charge is 0.326 e. The van der Waals surface area contributed by atoms with E-state index in [1.807, 2.05) is 6.92 Å². The molecule has 0 aromatic carbocycles. The number of hydrogen-bond donors (Lipinski definition) is 2. The van der Waals surface area contributed by atoms with Gasteiger partial charge in [0.15, 0.2) is 9.84 Å². The van der Waals surface area contributed by atoms with Crippen molar-refractivity contribution in [2.45, 2.75) is 32.2 Å². The van der Waals surface area contributed by atoms with E-state index >= 15 is 0 Å². The summed E-state index contributed by atoms with van der Waals surface area (Å²) in [6, 6.07) is -1.41. The largest absolute Gasteiger partial charge is 0.480 e. The molecule has 0 aliphatic carbocycles. The molecule has 8 heteroatoms. The van der Waals surface area contributed by atoms with Gasteiger partial charge in [-0.3, -0.25) is 0 Å². The highest BCUT2D eigenvalue weighted by Crippen LogP contribution is 2.06. The van der Waals surface area contributed by atoms with Crippen LogP contribution >= 0.6 is 0 Å². The molecule has 0 saturated carbocycles. The molecule has 19 heavy (non-hydrogen) atoms. The summed E-state index contributed by atoms with van der Waals surface area (Å²) in [7, 11) is -3.05. The van der Waals surface area contributed by atoms with Crippen molar-refractivity contribution in [1.29, 1.82) is 0 Å². The highest BCUT2D eigenvalue weighted by molar-refractivity contribution is 7.91. The van der Waals surface area contributed by atoms with Crippen LogP contribution in [0.2, 0.25) is 0 Å². The van der Waals surface area contributed by atoms with E-state index in [2.05, 4.69) is 5.32 Å². The average Bonchev–Trinajstić information content (AvgIpc) is 2.33. The van der Waals surface area contributed by atoms with E-state index in [0.717, 1.165) is 6.42 Å². The molecule has 0 bridgehead atoms. The number of carboxylic acids is 1. The maximum Gasteiger partial charge on any atom is 0.326 e. The van der Waals surface area contributed by atoms with Crippen molar-refractivity contribution in [2.24, 2.45) is 0 Å². The number of carboxylic acid groups (broad SMARTS) is 1. The maximum absolute atomic E-state index is 11.8. The molecule has 1 atom stereocenters. The van der Waals surface area contributed by atoms with Crippen molar-refractivity contribution in [1.82, 2.24) is 10.2 Å². The van der Waals surface area contributed by atoms with Crippen molar-refractivity contribution in [3.63, 3.8) is 0 Å². The van der Waals surface area contributed by atoms with Crippen LogP contribution < -0.4 is 5.32 Å². The van der Waals surface area contributed by atoms with Gasteiger partial charge in [0.05, 0.1) is 11.5 Å². The molecule has 0 spiro atoms. The van der Waals surface area contributed by atoms with Crippen LogP contribution in [0, 0.1) is 0 Å². The first-order valence-electron chi connectivity index (χ1n) is 6.34. The summed E-state index contributed by atoms with van der Waals surface area (Å²) in [5.74, 6) is -1.19. The Kier molecular flexibility index (Phi) is 5.59. The Morgan fingerprint density at radius 3 is 2.37 bits per heavy atom. The molecule has 1 fully saturated rings. The SMILES string of the molecule is CCCCC(NC(=O)N1CCS(=O)(=O)CC1)C(=O)O. The third kappa shape index (κ3) is 5.06. The van der Waals surface area contributed by atoms with Crippen LogP contribution in [0.25, 0.3) is 0 Å². The zero-order chi connectivity index (χ0) is 14.5. The molecule has 2 N–H and O–H groups in total. The third-order valence-electron chi connectivity index (χ3n) is 3.07. The van der Waals surface area contributed by atoms with Crippen molar-refractivity contribution < 1.29 is 23.1 Å². The second-order valence-corrected chi connectivity index (χ2v) is 6.93. The van der Waals surface area contributed by atoms with Gasteiger partial charge in [0.2, 0.25) is 0 Å². The molecular weight excluding hydrogens is 272 g/mol. The molecule has 1 rings (SSSR count). The lowest BCUT2D eigenvalue weighted by Crippen LogP contribution is -2.52. The van der Waals surface area contributed by atoms with E-state index in [1.165, 1.54) is 4.90 Å². The topological polar surface area (TPSA) is 104 Å². The Morgan fingerprint density at radius 2 is 1.89 bits per heavy atom. The van der Waals surface area contributed by atoms with Crippen molar-refractivity contribution in [2.75, 3.05) is 24.6 Å². The molecule has 0 radical (unpaired) electrons. The highest BCUT2D eigenvalue weighted by Gasteiger charge is 2.27. The normalized spacial score (nSPS) is 19.7. The van der Waals surface area contributed by atoms with E-state index in [4.69, 9.17) is 5.11 Å². The Morgan fingerprint density at radius 1 is 1.32 bits per heavy atom. The molecule has 110 valence electrons. The number of nitrogens with zero attached hydrogens (tertiary/aromatic N) is 1. The summed E-state index contributed by atoms with van der Waals surface area (Å²) in [6.07, 6.45) is 1.94. The number of sulfone groups is 1. The summed E-state index contributed by atoms with van der Waals surface area (Å²) < 4.78 is 22.5. The van der Waals surface area contributed by atoms with Crippen LogP contribution in [0.3, 0.4) is 0 Å². The Balaban J connectivity index is 2.51. The standard InChI is InChI=1S/C11H20N2O5S/c1-2-3-4-9(10(14)15)12-11(16)13-5-7-19(17,18)8-6-13/h9H,2-8H2,1H3,(H,12,16)(H,14,15). The quantitative estimate of drug-likeness (QED) is 0.746. The number of urea groups is 1. The molecule has 1 saturated heterocycles. The van der Waals surface area contributed by atoms with E-state index in [0.29, 0.717) is 12.8 Å². The van der Waals surface area contributed by atoms with E-state index < -0.39 is 27.9 Å². The number of carbonyl (C=O) groups excluding carboxylic acids is 1. The van der Waals surface area contributed by atoms with Gasteiger partial charge in [-0.1, -0.05) is 19.8 Å². The molecule has 2 amide bonds. The fourth-order valence-corrected chi connectivity index (χ4v) is 3.02. The van der Waals surface area contributed by atoms with Gasteiger partial charge in [-0.2, -0.15) is 0 Å². The van der Waals surface area contributed by atoms with Crippen LogP contribution in [-0.2, 0) is 14.6 Å². The maximum atomic E-state index is 11.8. The van der Waals surface area contributed by atoms with Gasteiger partial charge in [-0.25, -0.2) is 18.0 Å². The number of amides is 2.